The fourth-order valence-electron chi connectivity index (χ4n) is 8.27. The zero-order chi connectivity index (χ0) is 36.3. The quantitative estimate of drug-likeness (QED) is 0.173. The molecule has 9 aromatic carbocycles. The van der Waals surface area contributed by atoms with Gasteiger partial charge in [-0.15, -0.1) is 0 Å². The molecule has 0 radical (unpaired) electrons. The Hall–Kier alpha value is -7.36. The Morgan fingerprint density at radius 1 is 0.309 bits per heavy atom. The second-order valence-corrected chi connectivity index (χ2v) is 14.1. The zero-order valence-corrected chi connectivity index (χ0v) is 29.8. The summed E-state index contributed by atoms with van der Waals surface area (Å²) in [6.45, 7) is 0. The van der Waals surface area contributed by atoms with Crippen LogP contribution in [-0.2, 0) is 0 Å². The Morgan fingerprint density at radius 3 is 1.78 bits per heavy atom. The number of fused-ring (bicyclic) bond motifs is 8. The SMILES string of the molecule is c1ccc(-c2cccc(N(c3ccc(-c4cccc5c4oc4ccccc45)cc3)c3cccc(-c4cccc5oc6c7ccccc7ccc6c45)c3)c2)cc1. The van der Waals surface area contributed by atoms with Gasteiger partial charge in [0.2, 0.25) is 0 Å². The predicted octanol–water partition coefficient (Wildman–Crippen LogP) is 15.1. The molecule has 0 fully saturated rings. The maximum absolute atomic E-state index is 6.57. The Kier molecular flexibility index (Phi) is 7.17. The number of hydrogen-bond donors (Lipinski definition) is 0. The van der Waals surface area contributed by atoms with Crippen LogP contribution in [0, 0.1) is 0 Å². The molecule has 0 saturated carbocycles. The molecule has 0 N–H and O–H groups in total. The molecule has 0 atom stereocenters. The second kappa shape index (κ2) is 12.6. The van der Waals surface area contributed by atoms with E-state index < -0.39 is 0 Å². The van der Waals surface area contributed by atoms with Crippen molar-refractivity contribution in [1.29, 1.82) is 0 Å². The van der Waals surface area contributed by atoms with E-state index in [0.717, 1.165) is 94.1 Å². The number of nitrogens with zero attached hydrogens (tertiary/aromatic N) is 1. The lowest BCUT2D eigenvalue weighted by Crippen LogP contribution is -2.10. The molecule has 0 aliphatic rings. The van der Waals surface area contributed by atoms with Crippen molar-refractivity contribution in [2.24, 2.45) is 0 Å². The van der Waals surface area contributed by atoms with Crippen LogP contribution < -0.4 is 4.90 Å². The number of rotatable bonds is 6. The first-order valence-electron chi connectivity index (χ1n) is 18.7. The van der Waals surface area contributed by atoms with E-state index in [4.69, 9.17) is 8.83 Å². The molecule has 3 heteroatoms. The van der Waals surface area contributed by atoms with Gasteiger partial charge < -0.3 is 13.7 Å². The molecule has 0 amide bonds. The average Bonchev–Trinajstić information content (AvgIpc) is 3.84. The third kappa shape index (κ3) is 5.20. The van der Waals surface area contributed by atoms with Crippen molar-refractivity contribution in [3.05, 3.63) is 200 Å². The fraction of sp³-hybridized carbons (Fsp3) is 0. The molecular weight excluding hydrogens is 671 g/mol. The maximum atomic E-state index is 6.57. The number of hydrogen-bond acceptors (Lipinski definition) is 3. The smallest absolute Gasteiger partial charge is 0.143 e. The lowest BCUT2D eigenvalue weighted by Gasteiger charge is -2.27. The van der Waals surface area contributed by atoms with E-state index in [1.807, 2.05) is 12.1 Å². The number of anilines is 3. The van der Waals surface area contributed by atoms with Crippen LogP contribution in [0.15, 0.2) is 209 Å². The molecule has 55 heavy (non-hydrogen) atoms. The molecule has 0 bridgehead atoms. The molecule has 0 spiro atoms. The number of para-hydroxylation sites is 2. The van der Waals surface area contributed by atoms with Gasteiger partial charge in [0.05, 0.1) is 0 Å². The van der Waals surface area contributed by atoms with Crippen LogP contribution in [0.1, 0.15) is 0 Å². The molecule has 11 rings (SSSR count). The molecule has 0 aliphatic carbocycles. The van der Waals surface area contributed by atoms with Gasteiger partial charge in [-0.1, -0.05) is 146 Å². The minimum atomic E-state index is 0.886. The van der Waals surface area contributed by atoms with E-state index >= 15 is 0 Å². The summed E-state index contributed by atoms with van der Waals surface area (Å²) in [4.78, 5) is 2.35. The first-order chi connectivity index (χ1) is 27.3. The summed E-state index contributed by atoms with van der Waals surface area (Å²) in [5.41, 5.74) is 13.6. The molecular formula is C52H33NO2. The minimum absolute atomic E-state index is 0.886. The number of furan rings is 2. The van der Waals surface area contributed by atoms with Gasteiger partial charge >= 0.3 is 0 Å². The normalized spacial score (nSPS) is 11.6. The zero-order valence-electron chi connectivity index (χ0n) is 29.8. The molecule has 0 aliphatic heterocycles. The summed E-state index contributed by atoms with van der Waals surface area (Å²) < 4.78 is 13.0. The topological polar surface area (TPSA) is 29.5 Å². The predicted molar refractivity (Wildman–Crippen MR) is 229 cm³/mol. The van der Waals surface area contributed by atoms with E-state index in [-0.39, 0.29) is 0 Å². The van der Waals surface area contributed by atoms with E-state index in [0.29, 0.717) is 0 Å². The summed E-state index contributed by atoms with van der Waals surface area (Å²) in [5.74, 6) is 0. The Labute approximate surface area is 317 Å². The van der Waals surface area contributed by atoms with Crippen LogP contribution in [0.4, 0.5) is 17.1 Å². The first-order valence-corrected chi connectivity index (χ1v) is 18.7. The van der Waals surface area contributed by atoms with E-state index in [1.54, 1.807) is 0 Å². The van der Waals surface area contributed by atoms with E-state index in [1.165, 1.54) is 10.9 Å². The van der Waals surface area contributed by atoms with Crippen LogP contribution in [0.5, 0.6) is 0 Å². The fourth-order valence-corrected chi connectivity index (χ4v) is 8.27. The molecule has 2 heterocycles. The molecule has 11 aromatic rings. The van der Waals surface area contributed by atoms with Crippen LogP contribution in [0.3, 0.4) is 0 Å². The molecule has 0 unspecified atom stereocenters. The van der Waals surface area contributed by atoms with Gasteiger partial charge in [-0.25, -0.2) is 0 Å². The summed E-state index contributed by atoms with van der Waals surface area (Å²) in [6, 6.07) is 70.9. The van der Waals surface area contributed by atoms with Crippen molar-refractivity contribution in [1.82, 2.24) is 0 Å². The van der Waals surface area contributed by atoms with E-state index in [9.17, 15) is 0 Å². The third-order valence-electron chi connectivity index (χ3n) is 10.9. The van der Waals surface area contributed by atoms with Crippen molar-refractivity contribution < 1.29 is 8.83 Å². The van der Waals surface area contributed by atoms with Gasteiger partial charge in [0, 0.05) is 49.6 Å². The standard InChI is InChI=1S/C52H33NO2/c1-2-12-34(13-3-1)37-15-8-17-40(32-37)53(39-29-26-36(27-30-39)44-22-10-23-46-45-20-6-7-24-48(45)54-51(44)46)41-18-9-16-38(33-41)42-21-11-25-49-50(42)47-31-28-35-14-4-5-19-43(35)52(47)55-49/h1-33H. The molecule has 258 valence electrons. The monoisotopic (exact) mass is 703 g/mol. The highest BCUT2D eigenvalue weighted by Gasteiger charge is 2.19. The van der Waals surface area contributed by atoms with Crippen molar-refractivity contribution >= 4 is 71.7 Å². The largest absolute Gasteiger partial charge is 0.455 e. The second-order valence-electron chi connectivity index (χ2n) is 14.1. The van der Waals surface area contributed by atoms with Crippen molar-refractivity contribution in [2.45, 2.75) is 0 Å². The summed E-state index contributed by atoms with van der Waals surface area (Å²) >= 11 is 0. The highest BCUT2D eigenvalue weighted by Crippen LogP contribution is 2.43. The van der Waals surface area contributed by atoms with Gasteiger partial charge in [0.25, 0.3) is 0 Å². The first kappa shape index (κ1) is 31.2. The Balaban J connectivity index is 1.06. The maximum Gasteiger partial charge on any atom is 0.143 e. The van der Waals surface area contributed by atoms with Crippen molar-refractivity contribution in [3.8, 4) is 33.4 Å². The van der Waals surface area contributed by atoms with Gasteiger partial charge in [-0.05, 0) is 87.8 Å². The molecule has 3 nitrogen and oxygen atoms in total. The number of benzene rings is 9. The van der Waals surface area contributed by atoms with Crippen LogP contribution in [0.25, 0.3) is 88.0 Å². The molecule has 2 aromatic heterocycles. The van der Waals surface area contributed by atoms with Crippen molar-refractivity contribution in [3.63, 3.8) is 0 Å². The lowest BCUT2D eigenvalue weighted by molar-refractivity contribution is 0.670. The van der Waals surface area contributed by atoms with Crippen LogP contribution in [0.2, 0.25) is 0 Å². The summed E-state index contributed by atoms with van der Waals surface area (Å²) in [7, 11) is 0. The van der Waals surface area contributed by atoms with Gasteiger partial charge in [-0.3, -0.25) is 0 Å². The van der Waals surface area contributed by atoms with E-state index in [2.05, 4.69) is 193 Å². The van der Waals surface area contributed by atoms with Crippen LogP contribution in [-0.4, -0.2) is 0 Å². The minimum Gasteiger partial charge on any atom is -0.455 e. The van der Waals surface area contributed by atoms with Crippen molar-refractivity contribution in [2.75, 3.05) is 4.90 Å². The summed E-state index contributed by atoms with van der Waals surface area (Å²) in [5, 5.41) is 6.81. The van der Waals surface area contributed by atoms with Crippen LogP contribution >= 0.6 is 0 Å². The third-order valence-corrected chi connectivity index (χ3v) is 10.9. The average molecular weight is 704 g/mol. The Morgan fingerprint density at radius 2 is 0.927 bits per heavy atom. The van der Waals surface area contributed by atoms with Gasteiger partial charge in [0.15, 0.2) is 0 Å². The highest BCUT2D eigenvalue weighted by molar-refractivity contribution is 6.19. The van der Waals surface area contributed by atoms with Gasteiger partial charge in [-0.2, -0.15) is 0 Å². The Bertz CT molecular complexity index is 3210. The highest BCUT2D eigenvalue weighted by atomic mass is 16.3. The summed E-state index contributed by atoms with van der Waals surface area (Å²) in [6.07, 6.45) is 0. The lowest BCUT2D eigenvalue weighted by atomic mass is 9.97. The van der Waals surface area contributed by atoms with Gasteiger partial charge in [0.1, 0.15) is 22.3 Å². The molecule has 0 saturated heterocycles.